The van der Waals surface area contributed by atoms with Gasteiger partial charge in [0.15, 0.2) is 0 Å². The number of nitrogens with zero attached hydrogens (tertiary/aromatic N) is 3. The van der Waals surface area contributed by atoms with Crippen molar-refractivity contribution in [2.24, 2.45) is 5.92 Å². The van der Waals surface area contributed by atoms with Crippen molar-refractivity contribution in [3.63, 3.8) is 0 Å². The molecular weight excluding hydrogens is 338 g/mol. The molecule has 1 aromatic heterocycles. The number of amides is 1. The average molecular weight is 374 g/mol. The summed E-state index contributed by atoms with van der Waals surface area (Å²) in [6.45, 7) is 12.6. The van der Waals surface area contributed by atoms with Crippen LogP contribution in [0.5, 0.6) is 0 Å². The zero-order chi connectivity index (χ0) is 19.6. The van der Waals surface area contributed by atoms with E-state index >= 15 is 0 Å². The molecule has 5 nitrogen and oxygen atoms in total. The van der Waals surface area contributed by atoms with Crippen molar-refractivity contribution in [3.8, 4) is 0 Å². The molecule has 2 aliphatic rings. The Balaban J connectivity index is 1.76. The quantitative estimate of drug-likeness (QED) is 0.714. The topological polar surface area (TPSA) is 45.7 Å². The first-order valence-corrected chi connectivity index (χ1v) is 10.5. The molecule has 1 atom stereocenters. The number of carbonyl (C=O) groups excluding carboxylic acids is 1. The van der Waals surface area contributed by atoms with Crippen LogP contribution in [0.3, 0.4) is 0 Å². The second kappa shape index (κ2) is 8.17. The lowest BCUT2D eigenvalue weighted by Gasteiger charge is -2.37. The van der Waals surface area contributed by atoms with E-state index < -0.39 is 5.60 Å². The molecule has 1 amide bonds. The summed E-state index contributed by atoms with van der Waals surface area (Å²) in [4.78, 5) is 21.8. The van der Waals surface area contributed by atoms with Crippen LogP contribution in [0.25, 0.3) is 0 Å². The highest BCUT2D eigenvalue weighted by atomic mass is 16.6. The molecule has 3 rings (SSSR count). The highest BCUT2D eigenvalue weighted by Gasteiger charge is 2.34. The molecule has 1 aliphatic carbocycles. The highest BCUT2D eigenvalue weighted by molar-refractivity contribution is 5.87. The molecule has 0 radical (unpaired) electrons. The Kier molecular flexibility index (Phi) is 6.09. The molecule has 0 bridgehead atoms. The van der Waals surface area contributed by atoms with Gasteiger partial charge in [-0.25, -0.2) is 9.78 Å². The van der Waals surface area contributed by atoms with Crippen LogP contribution in [0.2, 0.25) is 0 Å². The average Bonchev–Trinajstić information content (AvgIpc) is 2.96. The first kappa shape index (κ1) is 20.1. The van der Waals surface area contributed by atoms with E-state index in [1.807, 2.05) is 33.0 Å². The van der Waals surface area contributed by atoms with E-state index in [2.05, 4.69) is 29.8 Å². The zero-order valence-electron chi connectivity index (χ0n) is 17.6. The molecule has 0 unspecified atom stereocenters. The third kappa shape index (κ3) is 5.01. The van der Waals surface area contributed by atoms with Gasteiger partial charge in [-0.05, 0) is 77.0 Å². The van der Waals surface area contributed by atoms with E-state index in [0.717, 1.165) is 32.4 Å². The largest absolute Gasteiger partial charge is 0.443 e. The Bertz CT molecular complexity index is 632. The van der Waals surface area contributed by atoms with Crippen LogP contribution in [0.1, 0.15) is 78.3 Å². The summed E-state index contributed by atoms with van der Waals surface area (Å²) < 4.78 is 5.64. The minimum absolute atomic E-state index is 0.210. The standard InChI is InChI=1S/C22H35N3O2/c1-16(2)15-24-13-7-10-19(24)17-11-12-20(23-14-17)25(18-8-6-9-18)21(26)27-22(3,4)5/h11-12,14,16,18-19H,6-10,13,15H2,1-5H3/t19-/m0/s1. The summed E-state index contributed by atoms with van der Waals surface area (Å²) >= 11 is 0. The third-order valence-corrected chi connectivity index (χ3v) is 5.40. The summed E-state index contributed by atoms with van der Waals surface area (Å²) in [5, 5.41) is 0. The molecule has 2 heterocycles. The monoisotopic (exact) mass is 373 g/mol. The van der Waals surface area contributed by atoms with Gasteiger partial charge in [-0.2, -0.15) is 0 Å². The molecule has 0 N–H and O–H groups in total. The van der Waals surface area contributed by atoms with E-state index in [4.69, 9.17) is 4.74 Å². The van der Waals surface area contributed by atoms with Crippen LogP contribution in [0.15, 0.2) is 18.3 Å². The van der Waals surface area contributed by atoms with Crippen molar-refractivity contribution in [3.05, 3.63) is 23.9 Å². The van der Waals surface area contributed by atoms with Gasteiger partial charge in [-0.1, -0.05) is 19.9 Å². The van der Waals surface area contributed by atoms with Crippen molar-refractivity contribution in [2.45, 2.75) is 84.4 Å². The lowest BCUT2D eigenvalue weighted by atomic mass is 9.91. The summed E-state index contributed by atoms with van der Waals surface area (Å²) in [6, 6.07) is 4.82. The van der Waals surface area contributed by atoms with Gasteiger partial charge in [-0.15, -0.1) is 0 Å². The number of rotatable bonds is 5. The molecule has 150 valence electrons. The van der Waals surface area contributed by atoms with Crippen LogP contribution in [-0.2, 0) is 4.74 Å². The molecule has 1 saturated carbocycles. The van der Waals surface area contributed by atoms with Crippen LogP contribution in [0.4, 0.5) is 10.6 Å². The van der Waals surface area contributed by atoms with E-state index in [1.54, 1.807) is 4.90 Å². The van der Waals surface area contributed by atoms with Crippen LogP contribution in [-0.4, -0.2) is 40.7 Å². The Morgan fingerprint density at radius 1 is 1.26 bits per heavy atom. The highest BCUT2D eigenvalue weighted by Crippen LogP contribution is 2.34. The number of anilines is 1. The molecule has 2 fully saturated rings. The van der Waals surface area contributed by atoms with Gasteiger partial charge in [0.25, 0.3) is 0 Å². The van der Waals surface area contributed by atoms with Gasteiger partial charge in [0, 0.05) is 24.8 Å². The van der Waals surface area contributed by atoms with Crippen molar-refractivity contribution < 1.29 is 9.53 Å². The second-order valence-electron chi connectivity index (χ2n) is 9.43. The summed E-state index contributed by atoms with van der Waals surface area (Å²) in [7, 11) is 0. The van der Waals surface area contributed by atoms with Crippen LogP contribution < -0.4 is 4.90 Å². The molecule has 0 aromatic carbocycles. The molecule has 1 aromatic rings. The van der Waals surface area contributed by atoms with E-state index in [-0.39, 0.29) is 12.1 Å². The predicted molar refractivity (Wildman–Crippen MR) is 109 cm³/mol. The number of hydrogen-bond acceptors (Lipinski definition) is 4. The Labute approximate surface area is 164 Å². The lowest BCUT2D eigenvalue weighted by molar-refractivity contribution is 0.0548. The smallest absolute Gasteiger partial charge is 0.416 e. The van der Waals surface area contributed by atoms with Crippen molar-refractivity contribution in [1.82, 2.24) is 9.88 Å². The summed E-state index contributed by atoms with van der Waals surface area (Å²) in [5.74, 6) is 1.38. The normalized spacial score (nSPS) is 21.3. The van der Waals surface area contributed by atoms with Crippen molar-refractivity contribution in [1.29, 1.82) is 0 Å². The maximum absolute atomic E-state index is 12.8. The predicted octanol–water partition coefficient (Wildman–Crippen LogP) is 5.17. The molecule has 0 spiro atoms. The fourth-order valence-corrected chi connectivity index (χ4v) is 4.01. The van der Waals surface area contributed by atoms with Gasteiger partial charge >= 0.3 is 6.09 Å². The fourth-order valence-electron chi connectivity index (χ4n) is 4.01. The van der Waals surface area contributed by atoms with Gasteiger partial charge < -0.3 is 4.74 Å². The number of aromatic nitrogens is 1. The van der Waals surface area contributed by atoms with Crippen molar-refractivity contribution in [2.75, 3.05) is 18.0 Å². The van der Waals surface area contributed by atoms with Crippen LogP contribution >= 0.6 is 0 Å². The lowest BCUT2D eigenvalue weighted by Crippen LogP contribution is -2.47. The first-order chi connectivity index (χ1) is 12.7. The Morgan fingerprint density at radius 2 is 2.00 bits per heavy atom. The maximum atomic E-state index is 12.8. The third-order valence-electron chi connectivity index (χ3n) is 5.40. The molecule has 5 heteroatoms. The van der Waals surface area contributed by atoms with Gasteiger partial charge in [-0.3, -0.25) is 9.80 Å². The Morgan fingerprint density at radius 3 is 2.52 bits per heavy atom. The molecule has 27 heavy (non-hydrogen) atoms. The minimum atomic E-state index is -0.500. The summed E-state index contributed by atoms with van der Waals surface area (Å²) in [6.07, 6.45) is 7.32. The van der Waals surface area contributed by atoms with Crippen LogP contribution in [0, 0.1) is 5.92 Å². The first-order valence-electron chi connectivity index (χ1n) is 10.5. The molecular formula is C22H35N3O2. The number of ether oxygens (including phenoxy) is 1. The van der Waals surface area contributed by atoms with Crippen molar-refractivity contribution >= 4 is 11.9 Å². The number of pyridine rings is 1. The fraction of sp³-hybridized carbons (Fsp3) is 0.727. The van der Waals surface area contributed by atoms with E-state index in [0.29, 0.717) is 17.8 Å². The molecule has 1 aliphatic heterocycles. The van der Waals surface area contributed by atoms with Gasteiger partial charge in [0.2, 0.25) is 0 Å². The SMILES string of the molecule is CC(C)CN1CCC[C@H]1c1ccc(N(C(=O)OC(C)(C)C)C2CCC2)nc1. The number of likely N-dealkylation sites (tertiary alicyclic amines) is 1. The van der Waals surface area contributed by atoms with E-state index in [9.17, 15) is 4.79 Å². The molecule has 1 saturated heterocycles. The second-order valence-corrected chi connectivity index (χ2v) is 9.43. The minimum Gasteiger partial charge on any atom is -0.443 e. The zero-order valence-corrected chi connectivity index (χ0v) is 17.6. The van der Waals surface area contributed by atoms with Gasteiger partial charge in [0.05, 0.1) is 0 Å². The van der Waals surface area contributed by atoms with E-state index in [1.165, 1.54) is 18.4 Å². The van der Waals surface area contributed by atoms with Gasteiger partial charge in [0.1, 0.15) is 11.4 Å². The Hall–Kier alpha value is -1.62. The number of hydrogen-bond donors (Lipinski definition) is 0. The summed E-state index contributed by atoms with van der Waals surface area (Å²) in [5.41, 5.74) is 0.759. The maximum Gasteiger partial charge on any atom is 0.416 e. The number of carbonyl (C=O) groups is 1.